The molecule has 110 valence electrons. The normalized spacial score (nSPS) is 16.2. The van der Waals surface area contributed by atoms with Crippen molar-refractivity contribution >= 4 is 5.78 Å². The molecule has 3 rings (SSSR count). The zero-order chi connectivity index (χ0) is 15.0. The van der Waals surface area contributed by atoms with Crippen molar-refractivity contribution in [2.75, 3.05) is 0 Å². The number of carbonyl (C=O) groups excluding carboxylic acids is 1. The summed E-state index contributed by atoms with van der Waals surface area (Å²) in [5.74, 6) is 1.39. The highest BCUT2D eigenvalue weighted by atomic mass is 16.5. The van der Waals surface area contributed by atoms with Crippen LogP contribution in [0.3, 0.4) is 0 Å². The third-order valence-electron chi connectivity index (χ3n) is 3.39. The Balaban J connectivity index is 1.78. The third kappa shape index (κ3) is 2.91. The molecule has 0 amide bonds. The molecule has 0 atom stereocenters. The summed E-state index contributed by atoms with van der Waals surface area (Å²) in [6, 6.07) is 5.35. The first-order valence-electron chi connectivity index (χ1n) is 6.89. The zero-order valence-corrected chi connectivity index (χ0v) is 12.4. The maximum Gasteiger partial charge on any atom is 0.170 e. The third-order valence-corrected chi connectivity index (χ3v) is 3.39. The quantitative estimate of drug-likeness (QED) is 0.870. The van der Waals surface area contributed by atoms with E-state index in [2.05, 4.69) is 5.10 Å². The minimum absolute atomic E-state index is 0.111. The van der Waals surface area contributed by atoms with Crippen molar-refractivity contribution < 1.29 is 14.3 Å². The van der Waals surface area contributed by atoms with Crippen LogP contribution in [0.15, 0.2) is 30.6 Å². The Morgan fingerprint density at radius 1 is 1.43 bits per heavy atom. The molecule has 0 fully saturated rings. The van der Waals surface area contributed by atoms with Gasteiger partial charge in [-0.1, -0.05) is 0 Å². The Hall–Kier alpha value is -2.30. The van der Waals surface area contributed by atoms with Gasteiger partial charge in [-0.2, -0.15) is 5.10 Å². The highest BCUT2D eigenvalue weighted by molar-refractivity contribution is 6.00. The van der Waals surface area contributed by atoms with Gasteiger partial charge in [-0.15, -0.1) is 0 Å². The van der Waals surface area contributed by atoms with Crippen LogP contribution in [0.4, 0.5) is 0 Å². The van der Waals surface area contributed by atoms with Gasteiger partial charge < -0.3 is 9.47 Å². The lowest BCUT2D eigenvalue weighted by molar-refractivity contribution is 0.0618. The highest BCUT2D eigenvalue weighted by Gasteiger charge is 2.32. The Morgan fingerprint density at radius 3 is 2.95 bits per heavy atom. The van der Waals surface area contributed by atoms with Crippen LogP contribution in [-0.2, 0) is 13.7 Å². The fourth-order valence-electron chi connectivity index (χ4n) is 2.44. The Morgan fingerprint density at radius 2 is 2.24 bits per heavy atom. The van der Waals surface area contributed by atoms with Crippen LogP contribution in [0.2, 0.25) is 0 Å². The van der Waals surface area contributed by atoms with Gasteiger partial charge in [0.05, 0.1) is 18.2 Å². The number of hydrogen-bond donors (Lipinski definition) is 0. The molecule has 5 heteroatoms. The summed E-state index contributed by atoms with van der Waals surface area (Å²) in [6.07, 6.45) is 4.07. The molecule has 0 saturated heterocycles. The first-order chi connectivity index (χ1) is 9.93. The number of fused-ring (bicyclic) bond motifs is 1. The topological polar surface area (TPSA) is 53.4 Å². The average molecular weight is 286 g/mol. The van der Waals surface area contributed by atoms with Gasteiger partial charge in [-0.05, 0) is 26.0 Å². The summed E-state index contributed by atoms with van der Waals surface area (Å²) in [4.78, 5) is 12.1. The van der Waals surface area contributed by atoms with Crippen molar-refractivity contribution in [1.82, 2.24) is 9.78 Å². The molecule has 0 N–H and O–H groups in total. The SMILES string of the molecule is Cn1cc(COc2ccc3c(c2)OC(C)(C)CC3=O)cn1. The summed E-state index contributed by atoms with van der Waals surface area (Å²) >= 11 is 0. The summed E-state index contributed by atoms with van der Waals surface area (Å²) in [5.41, 5.74) is 1.15. The van der Waals surface area contributed by atoms with Crippen LogP contribution in [0, 0.1) is 0 Å². The van der Waals surface area contributed by atoms with Crippen molar-refractivity contribution in [3.05, 3.63) is 41.7 Å². The first-order valence-corrected chi connectivity index (χ1v) is 6.89. The van der Waals surface area contributed by atoms with E-state index in [4.69, 9.17) is 9.47 Å². The largest absolute Gasteiger partial charge is 0.489 e. The van der Waals surface area contributed by atoms with Gasteiger partial charge in [0.1, 0.15) is 23.7 Å². The molecule has 0 spiro atoms. The molecule has 21 heavy (non-hydrogen) atoms. The second kappa shape index (κ2) is 4.91. The number of carbonyl (C=O) groups is 1. The van der Waals surface area contributed by atoms with Gasteiger partial charge in [-0.25, -0.2) is 0 Å². The van der Waals surface area contributed by atoms with E-state index in [1.54, 1.807) is 29.1 Å². The van der Waals surface area contributed by atoms with Crippen LogP contribution in [-0.4, -0.2) is 21.2 Å². The van der Waals surface area contributed by atoms with E-state index in [1.165, 1.54) is 0 Å². The molecule has 0 saturated carbocycles. The zero-order valence-electron chi connectivity index (χ0n) is 12.4. The standard InChI is InChI=1S/C16H18N2O3/c1-16(2)7-14(19)13-5-4-12(6-15(13)21-16)20-10-11-8-17-18(3)9-11/h4-6,8-9H,7,10H2,1-3H3. The van der Waals surface area contributed by atoms with Gasteiger partial charge >= 0.3 is 0 Å². The Bertz CT molecular complexity index is 689. The Labute approximate surface area is 123 Å². The lowest BCUT2D eigenvalue weighted by atomic mass is 9.93. The fraction of sp³-hybridized carbons (Fsp3) is 0.375. The van der Waals surface area contributed by atoms with E-state index < -0.39 is 5.60 Å². The molecule has 0 aliphatic carbocycles. The van der Waals surface area contributed by atoms with E-state index >= 15 is 0 Å². The number of ketones is 1. The molecule has 0 bridgehead atoms. The molecule has 1 aliphatic rings. The lowest BCUT2D eigenvalue weighted by Crippen LogP contribution is -2.35. The molecule has 2 aromatic rings. The highest BCUT2D eigenvalue weighted by Crippen LogP contribution is 2.35. The fourth-order valence-corrected chi connectivity index (χ4v) is 2.44. The van der Waals surface area contributed by atoms with Gasteiger partial charge in [0, 0.05) is 24.9 Å². The van der Waals surface area contributed by atoms with E-state index in [0.29, 0.717) is 30.1 Å². The first kappa shape index (κ1) is 13.7. The van der Waals surface area contributed by atoms with Crippen molar-refractivity contribution in [2.45, 2.75) is 32.5 Å². The number of Topliss-reactive ketones (excluding diaryl/α,β-unsaturated/α-hetero) is 1. The monoisotopic (exact) mass is 286 g/mol. The van der Waals surface area contributed by atoms with Crippen LogP contribution in [0.1, 0.15) is 36.2 Å². The van der Waals surface area contributed by atoms with E-state index in [0.717, 1.165) is 5.56 Å². The Kier molecular flexibility index (Phi) is 3.20. The smallest absolute Gasteiger partial charge is 0.170 e. The maximum atomic E-state index is 12.1. The van der Waals surface area contributed by atoms with Crippen molar-refractivity contribution in [2.24, 2.45) is 7.05 Å². The molecule has 2 heterocycles. The maximum absolute atomic E-state index is 12.1. The number of rotatable bonds is 3. The van der Waals surface area contributed by atoms with Gasteiger partial charge in [0.25, 0.3) is 0 Å². The summed E-state index contributed by atoms with van der Waals surface area (Å²) in [6.45, 7) is 4.26. The van der Waals surface area contributed by atoms with E-state index in [1.807, 2.05) is 27.1 Å². The van der Waals surface area contributed by atoms with Crippen molar-refractivity contribution in [3.63, 3.8) is 0 Å². The predicted octanol–water partition coefficient (Wildman–Crippen LogP) is 2.74. The minimum atomic E-state index is -0.466. The second-order valence-electron chi connectivity index (χ2n) is 5.93. The number of aryl methyl sites for hydroxylation is 1. The summed E-state index contributed by atoms with van der Waals surface area (Å²) in [7, 11) is 1.87. The van der Waals surface area contributed by atoms with Crippen molar-refractivity contribution in [1.29, 1.82) is 0 Å². The average Bonchev–Trinajstić information content (AvgIpc) is 2.80. The van der Waals surface area contributed by atoms with Crippen molar-refractivity contribution in [3.8, 4) is 11.5 Å². The molecule has 1 aromatic heterocycles. The summed E-state index contributed by atoms with van der Waals surface area (Å²) < 4.78 is 13.3. The number of aromatic nitrogens is 2. The van der Waals surface area contributed by atoms with Crippen LogP contribution in [0.25, 0.3) is 0 Å². The molecular formula is C16H18N2O3. The number of ether oxygens (including phenoxy) is 2. The summed E-state index contributed by atoms with van der Waals surface area (Å²) in [5, 5.41) is 4.10. The predicted molar refractivity (Wildman–Crippen MR) is 77.6 cm³/mol. The molecule has 0 radical (unpaired) electrons. The van der Waals surface area contributed by atoms with Gasteiger partial charge in [0.2, 0.25) is 0 Å². The molecule has 1 aliphatic heterocycles. The van der Waals surface area contributed by atoms with Crippen LogP contribution in [0.5, 0.6) is 11.5 Å². The number of nitrogens with zero attached hydrogens (tertiary/aromatic N) is 2. The molecule has 5 nitrogen and oxygen atoms in total. The number of benzene rings is 1. The number of hydrogen-bond acceptors (Lipinski definition) is 4. The molecule has 1 aromatic carbocycles. The van der Waals surface area contributed by atoms with Crippen LogP contribution >= 0.6 is 0 Å². The van der Waals surface area contributed by atoms with Crippen LogP contribution < -0.4 is 9.47 Å². The molecule has 0 unspecified atom stereocenters. The van der Waals surface area contributed by atoms with Gasteiger partial charge in [-0.3, -0.25) is 9.48 Å². The molecular weight excluding hydrogens is 268 g/mol. The van der Waals surface area contributed by atoms with E-state index in [-0.39, 0.29) is 5.78 Å². The van der Waals surface area contributed by atoms with Gasteiger partial charge in [0.15, 0.2) is 5.78 Å². The minimum Gasteiger partial charge on any atom is -0.489 e. The second-order valence-corrected chi connectivity index (χ2v) is 5.93. The van der Waals surface area contributed by atoms with E-state index in [9.17, 15) is 4.79 Å². The lowest BCUT2D eigenvalue weighted by Gasteiger charge is -2.31.